The zero-order valence-corrected chi connectivity index (χ0v) is 32.5. The molecule has 16 heteroatoms. The van der Waals surface area contributed by atoms with Crippen LogP contribution in [0.4, 0.5) is 0 Å². The van der Waals surface area contributed by atoms with Gasteiger partial charge in [-0.05, 0) is 17.0 Å². The lowest BCUT2D eigenvalue weighted by atomic mass is 9.86. The lowest BCUT2D eigenvalue weighted by Crippen LogP contribution is -2.24. The molecule has 5 heterocycles. The van der Waals surface area contributed by atoms with Gasteiger partial charge in [0.05, 0.1) is 33.7 Å². The van der Waals surface area contributed by atoms with Crippen LogP contribution in [0.5, 0.6) is 5.75 Å². The van der Waals surface area contributed by atoms with Crippen LogP contribution in [-0.4, -0.2) is 68.1 Å². The molecule has 2 aliphatic rings. The first kappa shape index (κ1) is 36.5. The SMILES string of the molecule is CC(C)(C)c1ccc2c3nc4nc(nc5[nH]c(nc6nc(nc([nH]3)c2c1)-c1ccccc1-6)c1c(Cl)c(OC(CC(=O)O)CC(=O)O)c(Cl)c(Cl)c51)-c1ccccc1-4. The maximum Gasteiger partial charge on any atom is 0.307 e. The number of H-pyrrole nitrogens is 2. The minimum atomic E-state index is -1.34. The molecule has 0 fully saturated rings. The number of carboxylic acid groups (broad SMARTS) is 2. The lowest BCUT2D eigenvalue weighted by Gasteiger charge is -2.19. The van der Waals surface area contributed by atoms with Crippen molar-refractivity contribution in [1.29, 1.82) is 0 Å². The summed E-state index contributed by atoms with van der Waals surface area (Å²) in [5.41, 5.74) is 5.28. The molecule has 0 saturated carbocycles. The number of ether oxygens (including phenoxy) is 1. The first-order chi connectivity index (χ1) is 27.2. The number of hydrogen-bond donors (Lipinski definition) is 4. The van der Waals surface area contributed by atoms with Crippen LogP contribution in [0.15, 0.2) is 66.7 Å². The third kappa shape index (κ3) is 6.28. The molecule has 13 nitrogen and oxygen atoms in total. The number of halogens is 3. The van der Waals surface area contributed by atoms with E-state index in [-0.39, 0.29) is 48.3 Å². The molecule has 0 aliphatic carbocycles. The van der Waals surface area contributed by atoms with Crippen LogP contribution in [0.3, 0.4) is 0 Å². The summed E-state index contributed by atoms with van der Waals surface area (Å²) in [5.74, 6) is -1.36. The predicted octanol–water partition coefficient (Wildman–Crippen LogP) is 9.82. The van der Waals surface area contributed by atoms with Gasteiger partial charge in [-0.15, -0.1) is 0 Å². The average Bonchev–Trinajstić information content (AvgIpc) is 3.90. The van der Waals surface area contributed by atoms with Crippen LogP contribution >= 0.6 is 34.8 Å². The third-order valence-corrected chi connectivity index (χ3v) is 11.0. The zero-order valence-electron chi connectivity index (χ0n) is 30.3. The molecule has 9 rings (SSSR count). The molecule has 284 valence electrons. The molecular formula is C41H29Cl3N8O5. The molecule has 2 aliphatic heterocycles. The van der Waals surface area contributed by atoms with Crippen molar-refractivity contribution < 1.29 is 24.5 Å². The van der Waals surface area contributed by atoms with Gasteiger partial charge in [0.25, 0.3) is 0 Å². The number of nitrogens with zero attached hydrogens (tertiary/aromatic N) is 6. The van der Waals surface area contributed by atoms with Gasteiger partial charge in [0.2, 0.25) is 0 Å². The third-order valence-electron chi connectivity index (χ3n) is 9.82. The van der Waals surface area contributed by atoms with Crippen LogP contribution in [0.2, 0.25) is 15.1 Å². The zero-order chi connectivity index (χ0) is 39.9. The number of aliphatic carboxylic acids is 2. The van der Waals surface area contributed by atoms with Gasteiger partial charge in [-0.25, -0.2) is 29.9 Å². The Morgan fingerprint density at radius 3 is 1.53 bits per heavy atom. The maximum absolute atomic E-state index is 11.7. The molecule has 0 unspecified atom stereocenters. The van der Waals surface area contributed by atoms with Gasteiger partial charge < -0.3 is 24.9 Å². The number of hydrogen-bond acceptors (Lipinski definition) is 9. The minimum absolute atomic E-state index is 0.0543. The van der Waals surface area contributed by atoms with Crippen LogP contribution in [0, 0.1) is 0 Å². The largest absolute Gasteiger partial charge is 0.486 e. The van der Waals surface area contributed by atoms with Crippen LogP contribution in [0.1, 0.15) is 39.2 Å². The number of nitrogens with one attached hydrogen (secondary N) is 2. The van der Waals surface area contributed by atoms with Crippen molar-refractivity contribution in [2.75, 3.05) is 0 Å². The van der Waals surface area contributed by atoms with Crippen LogP contribution < -0.4 is 4.74 Å². The fourth-order valence-corrected chi connectivity index (χ4v) is 7.97. The first-order valence-electron chi connectivity index (χ1n) is 17.7. The molecule has 4 N–H and O–H groups in total. The van der Waals surface area contributed by atoms with Crippen molar-refractivity contribution in [2.45, 2.75) is 45.1 Å². The molecule has 57 heavy (non-hydrogen) atoms. The Labute approximate surface area is 337 Å². The summed E-state index contributed by atoms with van der Waals surface area (Å²) in [6.07, 6.45) is -2.63. The Hall–Kier alpha value is -6.15. The van der Waals surface area contributed by atoms with Crippen LogP contribution in [0.25, 0.3) is 89.7 Å². The van der Waals surface area contributed by atoms with Crippen molar-refractivity contribution in [3.63, 3.8) is 0 Å². The van der Waals surface area contributed by atoms with Crippen molar-refractivity contribution in [1.82, 2.24) is 39.9 Å². The van der Waals surface area contributed by atoms with Crippen LogP contribution in [-0.2, 0) is 15.0 Å². The van der Waals surface area contributed by atoms with Gasteiger partial charge in [-0.3, -0.25) is 9.59 Å². The second-order valence-electron chi connectivity index (χ2n) is 14.7. The van der Waals surface area contributed by atoms with E-state index in [1.165, 1.54) is 0 Å². The highest BCUT2D eigenvalue weighted by molar-refractivity contribution is 6.51. The molecule has 7 aromatic rings. The van der Waals surface area contributed by atoms with Gasteiger partial charge in [-0.2, -0.15) is 0 Å². The molecule has 3 aromatic heterocycles. The van der Waals surface area contributed by atoms with E-state index in [1.807, 2.05) is 54.6 Å². The first-order valence-corrected chi connectivity index (χ1v) is 18.8. The number of carbonyl (C=O) groups is 2. The fourth-order valence-electron chi connectivity index (χ4n) is 7.09. The molecule has 0 amide bonds. The summed E-state index contributed by atoms with van der Waals surface area (Å²) in [5, 5.41) is 20.9. The number of aromatic nitrogens is 8. The summed E-state index contributed by atoms with van der Waals surface area (Å²) in [6.45, 7) is 6.45. The van der Waals surface area contributed by atoms with Crippen molar-refractivity contribution in [3.05, 3.63) is 87.4 Å². The number of benzene rings is 4. The second kappa shape index (κ2) is 13.5. The number of fused-ring (bicyclic) bond motifs is 20. The van der Waals surface area contributed by atoms with E-state index in [9.17, 15) is 19.8 Å². The molecular weight excluding hydrogens is 791 g/mol. The smallest absolute Gasteiger partial charge is 0.307 e. The second-order valence-corrected chi connectivity index (χ2v) is 15.8. The van der Waals surface area contributed by atoms with E-state index in [2.05, 4.69) is 42.9 Å². The van der Waals surface area contributed by atoms with Gasteiger partial charge in [-0.1, -0.05) is 116 Å². The molecule has 0 radical (unpaired) electrons. The Balaban J connectivity index is 1.43. The number of rotatable bonds is 6. The minimum Gasteiger partial charge on any atom is -0.486 e. The highest BCUT2D eigenvalue weighted by Crippen LogP contribution is 2.49. The van der Waals surface area contributed by atoms with E-state index in [4.69, 9.17) is 69.4 Å². The van der Waals surface area contributed by atoms with Crippen molar-refractivity contribution >= 4 is 90.9 Å². The van der Waals surface area contributed by atoms with E-state index in [0.717, 1.165) is 27.5 Å². The predicted molar refractivity (Wildman–Crippen MR) is 219 cm³/mol. The van der Waals surface area contributed by atoms with E-state index < -0.39 is 30.9 Å². The lowest BCUT2D eigenvalue weighted by molar-refractivity contribution is -0.141. The summed E-state index contributed by atoms with van der Waals surface area (Å²) in [4.78, 5) is 60.0. The summed E-state index contributed by atoms with van der Waals surface area (Å²) in [7, 11) is 0. The highest BCUT2D eigenvalue weighted by atomic mass is 35.5. The van der Waals surface area contributed by atoms with E-state index >= 15 is 0 Å². The van der Waals surface area contributed by atoms with Gasteiger partial charge in [0.1, 0.15) is 33.7 Å². The standard InChI is InChI=1S/C41H29Cl3N8O5/c1-41(2,3)17-12-13-23-24(14-17)38-48-34-20-9-5-7-11-22(20)36(46-34)51-40-28-27(29(42)31(44)32(30(28)43)57-18(15-25(53)54)16-26(55)56)39(52-40)50-35-21-10-6-4-8-19(21)33(45-35)47-37(23)49-38/h4-14,18H,15-16H2,1-3H3,(H,53,54)(H,55,56)(H2,45,46,47,48,49,50,51,52). The van der Waals surface area contributed by atoms with Crippen molar-refractivity contribution in [2.24, 2.45) is 0 Å². The summed E-state index contributed by atoms with van der Waals surface area (Å²) < 4.78 is 5.93. The highest BCUT2D eigenvalue weighted by Gasteiger charge is 2.29. The normalized spacial score (nSPS) is 12.3. The Morgan fingerprint density at radius 2 is 1.05 bits per heavy atom. The van der Waals surface area contributed by atoms with Crippen molar-refractivity contribution in [3.8, 4) is 51.3 Å². The molecule has 0 atom stereocenters. The van der Waals surface area contributed by atoms with Gasteiger partial charge >= 0.3 is 11.9 Å². The summed E-state index contributed by atoms with van der Waals surface area (Å²) >= 11 is 20.9. The van der Waals surface area contributed by atoms with Gasteiger partial charge in [0, 0.05) is 33.0 Å². The van der Waals surface area contributed by atoms with E-state index in [1.54, 1.807) is 0 Å². The monoisotopic (exact) mass is 818 g/mol. The Morgan fingerprint density at radius 1 is 0.614 bits per heavy atom. The number of carboxylic acids is 2. The average molecular weight is 820 g/mol. The van der Waals surface area contributed by atoms with Gasteiger partial charge in [0.15, 0.2) is 29.0 Å². The Kier molecular flexibility index (Phi) is 8.65. The topological polar surface area (TPSA) is 193 Å². The molecule has 0 spiro atoms. The quantitative estimate of drug-likeness (QED) is 0.117. The Bertz CT molecular complexity index is 3050. The molecule has 8 bridgehead atoms. The maximum atomic E-state index is 11.7. The molecule has 0 saturated heterocycles. The summed E-state index contributed by atoms with van der Waals surface area (Å²) in [6, 6.07) is 21.3. The molecule has 4 aromatic carbocycles. The fraction of sp³-hybridized carbons (Fsp3) is 0.171. The van der Waals surface area contributed by atoms with E-state index in [0.29, 0.717) is 45.7 Å². The number of aromatic amines is 2.